The van der Waals surface area contributed by atoms with Gasteiger partial charge < -0.3 is 15.1 Å². The molecular weight excluding hydrogens is 310 g/mol. The third kappa shape index (κ3) is 6.56. The monoisotopic (exact) mass is 339 g/mol. The number of guanidine groups is 1. The largest absolute Gasteiger partial charge is 0.357 e. The zero-order chi connectivity index (χ0) is 17.2. The summed E-state index contributed by atoms with van der Waals surface area (Å²) in [5, 5.41) is 6.41. The molecule has 0 bridgehead atoms. The molecule has 0 saturated heterocycles. The van der Waals surface area contributed by atoms with Gasteiger partial charge in [0.2, 0.25) is 5.91 Å². The Balaban J connectivity index is 2.59. The van der Waals surface area contributed by atoms with Crippen LogP contribution in [0.2, 0.25) is 0 Å². The van der Waals surface area contributed by atoms with Gasteiger partial charge in [0.1, 0.15) is 0 Å². The number of thiazole rings is 1. The maximum absolute atomic E-state index is 12.0. The van der Waals surface area contributed by atoms with Crippen LogP contribution in [0, 0.1) is 6.92 Å². The van der Waals surface area contributed by atoms with Crippen molar-refractivity contribution >= 4 is 23.2 Å². The van der Waals surface area contributed by atoms with Gasteiger partial charge in [0.15, 0.2) is 5.96 Å². The lowest BCUT2D eigenvalue weighted by Gasteiger charge is -2.21. The Morgan fingerprint density at radius 2 is 2.04 bits per heavy atom. The third-order valence-corrected chi connectivity index (χ3v) is 4.29. The summed E-state index contributed by atoms with van der Waals surface area (Å²) < 4.78 is 0. The van der Waals surface area contributed by atoms with E-state index in [2.05, 4.69) is 20.7 Å². The molecule has 1 aromatic rings. The van der Waals surface area contributed by atoms with E-state index in [1.54, 1.807) is 11.3 Å². The van der Waals surface area contributed by atoms with Crippen LogP contribution in [0.3, 0.4) is 0 Å². The molecule has 1 amide bonds. The Bertz CT molecular complexity index is 510. The van der Waals surface area contributed by atoms with Gasteiger partial charge >= 0.3 is 0 Å². The lowest BCUT2D eigenvalue weighted by Crippen LogP contribution is -2.39. The summed E-state index contributed by atoms with van der Waals surface area (Å²) in [5.74, 6) is 0.970. The van der Waals surface area contributed by atoms with Crippen molar-refractivity contribution in [3.8, 4) is 0 Å². The first-order valence-electron chi connectivity index (χ1n) is 8.19. The minimum Gasteiger partial charge on any atom is -0.357 e. The predicted octanol–water partition coefficient (Wildman–Crippen LogP) is 2.11. The van der Waals surface area contributed by atoms with Crippen molar-refractivity contribution in [1.82, 2.24) is 20.1 Å². The van der Waals surface area contributed by atoms with E-state index in [-0.39, 0.29) is 5.91 Å². The molecule has 0 aliphatic rings. The summed E-state index contributed by atoms with van der Waals surface area (Å²) in [7, 11) is 1.99. The van der Waals surface area contributed by atoms with Gasteiger partial charge in [-0.1, -0.05) is 0 Å². The molecule has 0 radical (unpaired) electrons. The van der Waals surface area contributed by atoms with E-state index in [0.29, 0.717) is 19.5 Å². The molecular formula is C16H29N5OS. The minimum absolute atomic E-state index is 0.160. The molecule has 1 N–H and O–H groups in total. The molecule has 0 unspecified atom stereocenters. The van der Waals surface area contributed by atoms with Crippen LogP contribution in [0.15, 0.2) is 10.4 Å². The van der Waals surface area contributed by atoms with E-state index in [9.17, 15) is 4.79 Å². The van der Waals surface area contributed by atoms with Crippen LogP contribution in [0.1, 0.15) is 37.9 Å². The molecule has 23 heavy (non-hydrogen) atoms. The van der Waals surface area contributed by atoms with Gasteiger partial charge in [-0.05, 0) is 27.7 Å². The number of hydrogen-bond donors (Lipinski definition) is 1. The molecule has 0 atom stereocenters. The van der Waals surface area contributed by atoms with Crippen molar-refractivity contribution in [2.75, 3.05) is 33.2 Å². The fourth-order valence-corrected chi connectivity index (χ4v) is 2.86. The number of aliphatic imine (C=N–C) groups is 1. The van der Waals surface area contributed by atoms with Gasteiger partial charge in [-0.25, -0.2) is 4.98 Å². The molecule has 0 aromatic carbocycles. The number of aryl methyl sites for hydroxylation is 1. The Kier molecular flexibility index (Phi) is 8.61. The smallest absolute Gasteiger partial charge is 0.224 e. The summed E-state index contributed by atoms with van der Waals surface area (Å²) in [6, 6.07) is 0. The van der Waals surface area contributed by atoms with Gasteiger partial charge in [0, 0.05) is 38.5 Å². The van der Waals surface area contributed by atoms with Crippen LogP contribution < -0.4 is 5.32 Å². The first-order chi connectivity index (χ1) is 11.0. The van der Waals surface area contributed by atoms with Crippen LogP contribution in [0.25, 0.3) is 0 Å². The zero-order valence-electron chi connectivity index (χ0n) is 14.9. The third-order valence-electron chi connectivity index (χ3n) is 3.47. The van der Waals surface area contributed by atoms with Crippen molar-refractivity contribution in [2.45, 2.75) is 40.7 Å². The standard InChI is InChI=1S/C16H29N5OS/c1-6-17-16(18-10-9-15(22)21(7-2)8-3)20(5)11-14-12-23-13(4)19-14/h12H,6-11H2,1-5H3,(H,17,18). The first-order valence-corrected chi connectivity index (χ1v) is 9.07. The van der Waals surface area contributed by atoms with Crippen molar-refractivity contribution in [2.24, 2.45) is 4.99 Å². The van der Waals surface area contributed by atoms with Crippen molar-refractivity contribution in [1.29, 1.82) is 0 Å². The predicted molar refractivity (Wildman–Crippen MR) is 96.8 cm³/mol. The number of nitrogens with zero attached hydrogens (tertiary/aromatic N) is 4. The lowest BCUT2D eigenvalue weighted by atomic mass is 10.3. The highest BCUT2D eigenvalue weighted by atomic mass is 32.1. The van der Waals surface area contributed by atoms with E-state index in [1.807, 2.05) is 44.5 Å². The fourth-order valence-electron chi connectivity index (χ4n) is 2.26. The summed E-state index contributed by atoms with van der Waals surface area (Å²) >= 11 is 1.65. The number of hydrogen-bond acceptors (Lipinski definition) is 4. The molecule has 1 heterocycles. The highest BCUT2D eigenvalue weighted by Gasteiger charge is 2.11. The zero-order valence-corrected chi connectivity index (χ0v) is 15.7. The second-order valence-corrected chi connectivity index (χ2v) is 6.33. The topological polar surface area (TPSA) is 60.8 Å². The van der Waals surface area contributed by atoms with Crippen molar-refractivity contribution < 1.29 is 4.79 Å². The maximum Gasteiger partial charge on any atom is 0.224 e. The SMILES string of the molecule is CCNC(=NCCC(=O)N(CC)CC)N(C)Cc1csc(C)n1. The molecule has 1 rings (SSSR count). The van der Waals surface area contributed by atoms with Gasteiger partial charge in [0.25, 0.3) is 0 Å². The molecule has 0 saturated carbocycles. The van der Waals surface area contributed by atoms with Gasteiger partial charge in [-0.15, -0.1) is 11.3 Å². The molecule has 1 aromatic heterocycles. The number of carbonyl (C=O) groups excluding carboxylic acids is 1. The lowest BCUT2D eigenvalue weighted by molar-refractivity contribution is -0.130. The van der Waals surface area contributed by atoms with Crippen LogP contribution in [0.4, 0.5) is 0 Å². The van der Waals surface area contributed by atoms with Crippen molar-refractivity contribution in [3.63, 3.8) is 0 Å². The first kappa shape index (κ1) is 19.4. The molecule has 130 valence electrons. The number of nitrogens with one attached hydrogen (secondary N) is 1. The average Bonchev–Trinajstić information content (AvgIpc) is 2.92. The molecule has 7 heteroatoms. The molecule has 0 aliphatic carbocycles. The average molecular weight is 340 g/mol. The summed E-state index contributed by atoms with van der Waals surface area (Å²) in [4.78, 5) is 24.9. The number of rotatable bonds is 8. The van der Waals surface area contributed by atoms with Gasteiger partial charge in [0.05, 0.1) is 23.8 Å². The quantitative estimate of drug-likeness (QED) is 0.582. The van der Waals surface area contributed by atoms with Crippen LogP contribution >= 0.6 is 11.3 Å². The highest BCUT2D eigenvalue weighted by molar-refractivity contribution is 7.09. The van der Waals surface area contributed by atoms with Crippen LogP contribution in [-0.2, 0) is 11.3 Å². The Morgan fingerprint density at radius 1 is 1.35 bits per heavy atom. The molecule has 0 spiro atoms. The van der Waals surface area contributed by atoms with E-state index < -0.39 is 0 Å². The van der Waals surface area contributed by atoms with Gasteiger partial charge in [-0.2, -0.15) is 0 Å². The van der Waals surface area contributed by atoms with Crippen molar-refractivity contribution in [3.05, 3.63) is 16.1 Å². The second kappa shape index (κ2) is 10.2. The van der Waals surface area contributed by atoms with Crippen LogP contribution in [0.5, 0.6) is 0 Å². The molecule has 0 aliphatic heterocycles. The minimum atomic E-state index is 0.160. The van der Waals surface area contributed by atoms with E-state index >= 15 is 0 Å². The van der Waals surface area contributed by atoms with Crippen LogP contribution in [-0.4, -0.2) is 59.9 Å². The van der Waals surface area contributed by atoms with E-state index in [1.165, 1.54) is 0 Å². The number of aromatic nitrogens is 1. The Morgan fingerprint density at radius 3 is 2.57 bits per heavy atom. The number of carbonyl (C=O) groups is 1. The summed E-state index contributed by atoms with van der Waals surface area (Å²) in [5.41, 5.74) is 1.04. The van der Waals surface area contributed by atoms with E-state index in [0.717, 1.165) is 36.3 Å². The molecule has 6 nitrogen and oxygen atoms in total. The van der Waals surface area contributed by atoms with Gasteiger partial charge in [-0.3, -0.25) is 9.79 Å². The fraction of sp³-hybridized carbons (Fsp3) is 0.688. The molecule has 0 fully saturated rings. The maximum atomic E-state index is 12.0. The summed E-state index contributed by atoms with van der Waals surface area (Å²) in [6.45, 7) is 11.5. The normalized spacial score (nSPS) is 11.4. The highest BCUT2D eigenvalue weighted by Crippen LogP contribution is 2.09. The Labute approximate surface area is 143 Å². The van der Waals surface area contributed by atoms with E-state index in [4.69, 9.17) is 0 Å². The Hall–Kier alpha value is -1.63. The second-order valence-electron chi connectivity index (χ2n) is 5.27. The summed E-state index contributed by atoms with van der Waals surface area (Å²) in [6.07, 6.45) is 0.445. The number of amides is 1.